The van der Waals surface area contributed by atoms with Gasteiger partial charge < -0.3 is 29.9 Å². The second-order valence-corrected chi connectivity index (χ2v) is 9.79. The SMILES string of the molecule is CCC(=O)N1C[C@H](C)[C@@H](OC)CN(C)C(=O)c2cc(NC(=O)NC3CCCC3)ccc2OC[C@@H]1C. The zero-order valence-corrected chi connectivity index (χ0v) is 21.6. The van der Waals surface area contributed by atoms with E-state index >= 15 is 0 Å². The first-order valence-corrected chi connectivity index (χ1v) is 12.7. The number of hydrogen-bond donors (Lipinski definition) is 2. The lowest BCUT2D eigenvalue weighted by Gasteiger charge is -2.36. The Kier molecular flexibility index (Phi) is 9.37. The molecule has 4 amide bonds. The van der Waals surface area contributed by atoms with E-state index in [4.69, 9.17) is 9.47 Å². The van der Waals surface area contributed by atoms with E-state index < -0.39 is 0 Å². The highest BCUT2D eigenvalue weighted by Crippen LogP contribution is 2.27. The number of urea groups is 1. The molecule has 0 aromatic heterocycles. The van der Waals surface area contributed by atoms with Crippen molar-refractivity contribution in [2.24, 2.45) is 5.92 Å². The lowest BCUT2D eigenvalue weighted by molar-refractivity contribution is -0.135. The molecule has 3 atom stereocenters. The maximum Gasteiger partial charge on any atom is 0.319 e. The molecule has 0 bridgehead atoms. The van der Waals surface area contributed by atoms with E-state index in [0.717, 1.165) is 25.7 Å². The number of hydrogen-bond acceptors (Lipinski definition) is 5. The van der Waals surface area contributed by atoms with Gasteiger partial charge in [-0.3, -0.25) is 9.59 Å². The van der Waals surface area contributed by atoms with Crippen molar-refractivity contribution in [1.29, 1.82) is 0 Å². The molecule has 2 N–H and O–H groups in total. The van der Waals surface area contributed by atoms with Crippen LogP contribution in [0.4, 0.5) is 10.5 Å². The summed E-state index contributed by atoms with van der Waals surface area (Å²) in [5, 5.41) is 5.85. The van der Waals surface area contributed by atoms with Crippen LogP contribution in [0, 0.1) is 5.92 Å². The third-order valence-corrected chi connectivity index (χ3v) is 7.02. The van der Waals surface area contributed by atoms with Gasteiger partial charge in [0.25, 0.3) is 5.91 Å². The summed E-state index contributed by atoms with van der Waals surface area (Å²) in [5.41, 5.74) is 0.874. The van der Waals surface area contributed by atoms with E-state index in [9.17, 15) is 14.4 Å². The number of amides is 4. The fraction of sp³-hybridized carbons (Fsp3) is 0.654. The maximum absolute atomic E-state index is 13.4. The molecule has 9 nitrogen and oxygen atoms in total. The number of likely N-dealkylation sites (N-methyl/N-ethyl adjacent to an activating group) is 1. The molecular formula is C26H40N4O5. The van der Waals surface area contributed by atoms with Crippen molar-refractivity contribution in [3.8, 4) is 5.75 Å². The average Bonchev–Trinajstić information content (AvgIpc) is 3.35. The van der Waals surface area contributed by atoms with Gasteiger partial charge in [0, 0.05) is 51.3 Å². The van der Waals surface area contributed by atoms with Crippen molar-refractivity contribution in [2.75, 3.05) is 39.2 Å². The van der Waals surface area contributed by atoms with Gasteiger partial charge in [-0.05, 0) is 38.0 Å². The standard InChI is InChI=1S/C26H40N4O5/c1-6-24(31)30-14-17(2)23(34-5)15-29(4)25(32)21-13-20(11-12-22(21)35-16-18(30)3)28-26(33)27-19-9-7-8-10-19/h11-13,17-19,23H,6-10,14-16H2,1-5H3,(H2,27,28,33)/t17-,18-,23-/m0/s1. The highest BCUT2D eigenvalue weighted by molar-refractivity contribution is 5.99. The Bertz CT molecular complexity index is 902. The highest BCUT2D eigenvalue weighted by Gasteiger charge is 2.30. The monoisotopic (exact) mass is 488 g/mol. The maximum atomic E-state index is 13.4. The second kappa shape index (κ2) is 12.2. The lowest BCUT2D eigenvalue weighted by atomic mass is 10.0. The van der Waals surface area contributed by atoms with Crippen molar-refractivity contribution in [2.45, 2.75) is 71.1 Å². The molecule has 2 aliphatic rings. The number of benzene rings is 1. The van der Waals surface area contributed by atoms with Crippen LogP contribution in [0.5, 0.6) is 5.75 Å². The van der Waals surface area contributed by atoms with Crippen molar-refractivity contribution >= 4 is 23.5 Å². The first kappa shape index (κ1) is 26.8. The van der Waals surface area contributed by atoms with Crippen LogP contribution in [-0.4, -0.2) is 79.7 Å². The Morgan fingerprint density at radius 2 is 1.89 bits per heavy atom. The van der Waals surface area contributed by atoms with Gasteiger partial charge in [-0.1, -0.05) is 26.7 Å². The van der Waals surface area contributed by atoms with Crippen LogP contribution in [0.1, 0.15) is 63.2 Å². The number of fused-ring (bicyclic) bond motifs is 1. The molecule has 1 saturated carbocycles. The van der Waals surface area contributed by atoms with Crippen LogP contribution in [0.2, 0.25) is 0 Å². The molecule has 1 aliphatic carbocycles. The average molecular weight is 489 g/mol. The summed E-state index contributed by atoms with van der Waals surface area (Å²) in [6.07, 6.45) is 4.39. The van der Waals surface area contributed by atoms with Crippen LogP contribution in [0.15, 0.2) is 18.2 Å². The Balaban J connectivity index is 1.87. The summed E-state index contributed by atoms with van der Waals surface area (Å²) < 4.78 is 11.8. The van der Waals surface area contributed by atoms with E-state index in [1.807, 2.05) is 25.7 Å². The molecule has 0 unspecified atom stereocenters. The Morgan fingerprint density at radius 1 is 1.17 bits per heavy atom. The molecular weight excluding hydrogens is 448 g/mol. The fourth-order valence-electron chi connectivity index (χ4n) is 4.83. The van der Waals surface area contributed by atoms with Gasteiger partial charge in [0.1, 0.15) is 12.4 Å². The molecule has 0 radical (unpaired) electrons. The Labute approximate surface area is 208 Å². The topological polar surface area (TPSA) is 100 Å². The van der Waals surface area contributed by atoms with Gasteiger partial charge in [0.15, 0.2) is 0 Å². The van der Waals surface area contributed by atoms with Crippen LogP contribution in [0.3, 0.4) is 0 Å². The molecule has 1 aromatic carbocycles. The van der Waals surface area contributed by atoms with E-state index in [2.05, 4.69) is 10.6 Å². The van der Waals surface area contributed by atoms with Crippen LogP contribution in [-0.2, 0) is 9.53 Å². The largest absolute Gasteiger partial charge is 0.491 e. The van der Waals surface area contributed by atoms with Crippen molar-refractivity contribution in [3.63, 3.8) is 0 Å². The summed E-state index contributed by atoms with van der Waals surface area (Å²) >= 11 is 0. The van der Waals surface area contributed by atoms with E-state index in [1.165, 1.54) is 0 Å². The number of methoxy groups -OCH3 is 1. The van der Waals surface area contributed by atoms with Crippen molar-refractivity contribution < 1.29 is 23.9 Å². The van der Waals surface area contributed by atoms with Gasteiger partial charge in [-0.15, -0.1) is 0 Å². The molecule has 1 heterocycles. The fourth-order valence-corrected chi connectivity index (χ4v) is 4.83. The van der Waals surface area contributed by atoms with Gasteiger partial charge in [0.2, 0.25) is 5.91 Å². The van der Waals surface area contributed by atoms with Crippen LogP contribution < -0.4 is 15.4 Å². The minimum Gasteiger partial charge on any atom is -0.491 e. The molecule has 0 spiro atoms. The summed E-state index contributed by atoms with van der Waals surface area (Å²) in [5.74, 6) is 0.266. The smallest absolute Gasteiger partial charge is 0.319 e. The summed E-state index contributed by atoms with van der Waals surface area (Å²) in [7, 11) is 3.35. The number of ether oxygens (including phenoxy) is 2. The number of nitrogens with one attached hydrogen (secondary N) is 2. The summed E-state index contributed by atoms with van der Waals surface area (Å²) in [6.45, 7) is 6.95. The van der Waals surface area contributed by atoms with Gasteiger partial charge >= 0.3 is 6.03 Å². The van der Waals surface area contributed by atoms with E-state index in [1.54, 1.807) is 37.3 Å². The summed E-state index contributed by atoms with van der Waals surface area (Å²) in [4.78, 5) is 42.0. The second-order valence-electron chi connectivity index (χ2n) is 9.79. The molecule has 35 heavy (non-hydrogen) atoms. The molecule has 1 fully saturated rings. The van der Waals surface area contributed by atoms with Gasteiger partial charge in [-0.2, -0.15) is 0 Å². The minimum atomic E-state index is -0.276. The van der Waals surface area contributed by atoms with E-state index in [0.29, 0.717) is 36.5 Å². The third-order valence-electron chi connectivity index (χ3n) is 7.02. The van der Waals surface area contributed by atoms with Crippen LogP contribution in [0.25, 0.3) is 0 Å². The Hall–Kier alpha value is -2.81. The predicted octanol–water partition coefficient (Wildman–Crippen LogP) is 3.49. The minimum absolute atomic E-state index is 0.0133. The molecule has 3 rings (SSSR count). The molecule has 0 saturated heterocycles. The number of anilines is 1. The highest BCUT2D eigenvalue weighted by atomic mass is 16.5. The summed E-state index contributed by atoms with van der Waals surface area (Å²) in [6, 6.07) is 4.82. The molecule has 1 aromatic rings. The third kappa shape index (κ3) is 6.87. The first-order valence-electron chi connectivity index (χ1n) is 12.7. The van der Waals surface area contributed by atoms with E-state index in [-0.39, 0.29) is 48.6 Å². The zero-order chi connectivity index (χ0) is 25.5. The molecule has 9 heteroatoms. The predicted molar refractivity (Wildman–Crippen MR) is 135 cm³/mol. The zero-order valence-electron chi connectivity index (χ0n) is 21.6. The van der Waals surface area contributed by atoms with Crippen LogP contribution >= 0.6 is 0 Å². The number of carbonyl (C=O) groups is 3. The van der Waals surface area contributed by atoms with Gasteiger partial charge in [-0.25, -0.2) is 4.79 Å². The van der Waals surface area contributed by atoms with Crippen molar-refractivity contribution in [3.05, 3.63) is 23.8 Å². The van der Waals surface area contributed by atoms with Gasteiger partial charge in [0.05, 0.1) is 17.7 Å². The normalized spacial score (nSPS) is 24.1. The number of nitrogens with zero attached hydrogens (tertiary/aromatic N) is 2. The molecule has 194 valence electrons. The first-order chi connectivity index (χ1) is 16.7. The lowest BCUT2D eigenvalue weighted by Crippen LogP contribution is -2.48. The Morgan fingerprint density at radius 3 is 2.54 bits per heavy atom. The number of carbonyl (C=O) groups excluding carboxylic acids is 3. The van der Waals surface area contributed by atoms with Crippen molar-refractivity contribution in [1.82, 2.24) is 15.1 Å². The quantitative estimate of drug-likeness (QED) is 0.676. The number of rotatable bonds is 4. The molecule has 1 aliphatic heterocycles.